The minimum atomic E-state index is 0.173. The number of hydrogen-bond acceptors (Lipinski definition) is 4. The Labute approximate surface area is 118 Å². The Kier molecular flexibility index (Phi) is 2.31. The van der Waals surface area contributed by atoms with Crippen LogP contribution in [-0.4, -0.2) is 28.6 Å². The van der Waals surface area contributed by atoms with Crippen molar-refractivity contribution in [2.24, 2.45) is 0 Å². The van der Waals surface area contributed by atoms with E-state index in [-0.39, 0.29) is 5.54 Å². The van der Waals surface area contributed by atoms with Crippen molar-refractivity contribution < 1.29 is 0 Å². The summed E-state index contributed by atoms with van der Waals surface area (Å²) in [5, 5.41) is 3.62. The average molecular weight is 266 g/mol. The molecule has 20 heavy (non-hydrogen) atoms. The molecule has 1 atom stereocenters. The molecular weight excluding hydrogens is 248 g/mol. The van der Waals surface area contributed by atoms with Crippen LogP contribution in [0.2, 0.25) is 0 Å². The summed E-state index contributed by atoms with van der Waals surface area (Å²) in [7, 11) is 0. The van der Waals surface area contributed by atoms with Gasteiger partial charge in [-0.2, -0.15) is 0 Å². The number of fused-ring (bicyclic) bond motifs is 4. The first-order chi connectivity index (χ1) is 9.63. The van der Waals surface area contributed by atoms with Crippen LogP contribution in [0.15, 0.2) is 30.5 Å². The van der Waals surface area contributed by atoms with Crippen LogP contribution in [0.25, 0.3) is 11.3 Å². The van der Waals surface area contributed by atoms with E-state index >= 15 is 0 Å². The number of aryl methyl sites for hydroxylation is 1. The van der Waals surface area contributed by atoms with Crippen LogP contribution in [0.3, 0.4) is 0 Å². The molecule has 4 rings (SSSR count). The maximum Gasteiger partial charge on any atom is 0.150 e. The topological polar surface area (TPSA) is 41.1 Å². The summed E-state index contributed by atoms with van der Waals surface area (Å²) in [6.07, 6.45) is 3.01. The van der Waals surface area contributed by atoms with E-state index in [1.54, 1.807) is 0 Å². The molecule has 4 heteroatoms. The zero-order valence-corrected chi connectivity index (χ0v) is 11.8. The second kappa shape index (κ2) is 3.95. The van der Waals surface area contributed by atoms with Crippen molar-refractivity contribution in [1.29, 1.82) is 0 Å². The maximum absolute atomic E-state index is 4.83. The molecule has 2 aromatic heterocycles. The molecule has 2 aliphatic rings. The molecule has 4 heterocycles. The van der Waals surface area contributed by atoms with E-state index in [2.05, 4.69) is 40.3 Å². The van der Waals surface area contributed by atoms with Gasteiger partial charge in [0.1, 0.15) is 0 Å². The maximum atomic E-state index is 4.83. The number of rotatable bonds is 1. The first-order valence-electron chi connectivity index (χ1n) is 7.10. The summed E-state index contributed by atoms with van der Waals surface area (Å²) >= 11 is 0. The van der Waals surface area contributed by atoms with Gasteiger partial charge in [-0.05, 0) is 44.5 Å². The lowest BCUT2D eigenvalue weighted by Gasteiger charge is -2.34. The van der Waals surface area contributed by atoms with Gasteiger partial charge in [-0.1, -0.05) is 0 Å². The van der Waals surface area contributed by atoms with Gasteiger partial charge in [-0.15, -0.1) is 0 Å². The summed E-state index contributed by atoms with van der Waals surface area (Å²) < 4.78 is 0. The number of aromatic nitrogens is 2. The average Bonchev–Trinajstić information content (AvgIpc) is 2.75. The normalized spacial score (nSPS) is 23.4. The predicted octanol–water partition coefficient (Wildman–Crippen LogP) is 2.85. The molecule has 4 nitrogen and oxygen atoms in total. The van der Waals surface area contributed by atoms with Gasteiger partial charge in [-0.3, -0.25) is 4.98 Å². The molecule has 0 aromatic carbocycles. The van der Waals surface area contributed by atoms with E-state index in [0.29, 0.717) is 0 Å². The Morgan fingerprint density at radius 3 is 3.05 bits per heavy atom. The van der Waals surface area contributed by atoms with Gasteiger partial charge in [0, 0.05) is 30.5 Å². The number of pyridine rings is 2. The molecule has 2 bridgehead atoms. The molecule has 1 unspecified atom stereocenters. The van der Waals surface area contributed by atoms with Crippen LogP contribution >= 0.6 is 0 Å². The van der Waals surface area contributed by atoms with Crippen LogP contribution in [0, 0.1) is 6.92 Å². The number of nitrogens with one attached hydrogen (secondary N) is 1. The summed E-state index contributed by atoms with van der Waals surface area (Å²) in [6.45, 7) is 6.48. The lowest BCUT2D eigenvalue weighted by Crippen LogP contribution is -2.42. The summed E-state index contributed by atoms with van der Waals surface area (Å²) in [6, 6.07) is 8.39. The molecule has 0 spiro atoms. The van der Waals surface area contributed by atoms with Crippen molar-refractivity contribution in [2.75, 3.05) is 23.3 Å². The quantitative estimate of drug-likeness (QED) is 0.861. The van der Waals surface area contributed by atoms with Gasteiger partial charge >= 0.3 is 0 Å². The molecule has 2 aromatic rings. The molecule has 1 fully saturated rings. The third-order valence-corrected chi connectivity index (χ3v) is 4.30. The Hall–Kier alpha value is -2.10. The molecular formula is C16H18N4. The summed E-state index contributed by atoms with van der Waals surface area (Å²) in [4.78, 5) is 11.5. The Bertz CT molecular complexity index is 682. The minimum absolute atomic E-state index is 0.173. The van der Waals surface area contributed by atoms with Crippen molar-refractivity contribution in [3.8, 4) is 11.3 Å². The Morgan fingerprint density at radius 1 is 1.30 bits per heavy atom. The zero-order chi connectivity index (χ0) is 13.7. The van der Waals surface area contributed by atoms with Gasteiger partial charge in [0.15, 0.2) is 5.82 Å². The third kappa shape index (κ3) is 1.75. The fraction of sp³-hybridized carbons (Fsp3) is 0.375. The van der Waals surface area contributed by atoms with E-state index in [9.17, 15) is 0 Å². The highest BCUT2D eigenvalue weighted by atomic mass is 15.3. The first-order valence-corrected chi connectivity index (χ1v) is 7.10. The third-order valence-electron chi connectivity index (χ3n) is 4.30. The highest BCUT2D eigenvalue weighted by molar-refractivity contribution is 5.75. The number of nitrogens with zero attached hydrogens (tertiary/aromatic N) is 3. The van der Waals surface area contributed by atoms with Crippen molar-refractivity contribution in [1.82, 2.24) is 9.97 Å². The molecule has 1 saturated heterocycles. The first kappa shape index (κ1) is 11.7. The standard InChI is InChI=1S/C16H18N4/c1-11-9-12(5-7-17-11)13-3-4-14-15(18-13)19-16(2)6-8-20(14)10-16/h3-5,7,9H,6,8,10H2,1-2H3,(H,18,19). The van der Waals surface area contributed by atoms with Gasteiger partial charge < -0.3 is 10.2 Å². The summed E-state index contributed by atoms with van der Waals surface area (Å²) in [5.41, 5.74) is 4.56. The predicted molar refractivity (Wildman–Crippen MR) is 81.1 cm³/mol. The van der Waals surface area contributed by atoms with Crippen molar-refractivity contribution in [2.45, 2.75) is 25.8 Å². The lowest BCUT2D eigenvalue weighted by molar-refractivity contribution is 0.564. The van der Waals surface area contributed by atoms with E-state index < -0.39 is 0 Å². The van der Waals surface area contributed by atoms with Crippen molar-refractivity contribution in [3.63, 3.8) is 0 Å². The van der Waals surface area contributed by atoms with Crippen LogP contribution < -0.4 is 10.2 Å². The van der Waals surface area contributed by atoms with Crippen LogP contribution in [0.5, 0.6) is 0 Å². The lowest BCUT2D eigenvalue weighted by atomic mass is 10.0. The molecule has 0 amide bonds. The van der Waals surface area contributed by atoms with E-state index in [4.69, 9.17) is 4.98 Å². The Balaban J connectivity index is 1.79. The zero-order valence-electron chi connectivity index (χ0n) is 11.8. The molecule has 0 radical (unpaired) electrons. The van der Waals surface area contributed by atoms with Gasteiger partial charge in [0.25, 0.3) is 0 Å². The van der Waals surface area contributed by atoms with Gasteiger partial charge in [-0.25, -0.2) is 4.98 Å². The molecule has 0 aliphatic carbocycles. The number of hydrogen-bond donors (Lipinski definition) is 1. The van der Waals surface area contributed by atoms with Gasteiger partial charge in [0.2, 0.25) is 0 Å². The van der Waals surface area contributed by atoms with E-state index in [0.717, 1.165) is 35.9 Å². The van der Waals surface area contributed by atoms with Crippen LogP contribution in [-0.2, 0) is 0 Å². The SMILES string of the molecule is Cc1cc(-c2ccc3c(n2)NC2(C)CCN3C2)ccn1. The van der Waals surface area contributed by atoms with Gasteiger partial charge in [0.05, 0.1) is 16.9 Å². The van der Waals surface area contributed by atoms with E-state index in [1.807, 2.05) is 19.2 Å². The largest absolute Gasteiger partial charge is 0.366 e. The van der Waals surface area contributed by atoms with Crippen molar-refractivity contribution >= 4 is 11.5 Å². The summed E-state index contributed by atoms with van der Waals surface area (Å²) in [5.74, 6) is 1.02. The molecule has 1 N–H and O–H groups in total. The smallest absolute Gasteiger partial charge is 0.150 e. The molecule has 102 valence electrons. The minimum Gasteiger partial charge on any atom is -0.366 e. The second-order valence-corrected chi connectivity index (χ2v) is 6.11. The van der Waals surface area contributed by atoms with Crippen molar-refractivity contribution in [3.05, 3.63) is 36.2 Å². The fourth-order valence-corrected chi connectivity index (χ4v) is 3.22. The molecule has 0 saturated carbocycles. The molecule has 2 aliphatic heterocycles. The Morgan fingerprint density at radius 2 is 2.20 bits per heavy atom. The highest BCUT2D eigenvalue weighted by Gasteiger charge is 2.39. The monoisotopic (exact) mass is 266 g/mol. The van der Waals surface area contributed by atoms with E-state index in [1.165, 1.54) is 12.1 Å². The fourth-order valence-electron chi connectivity index (χ4n) is 3.22. The van der Waals surface area contributed by atoms with Crippen LogP contribution in [0.4, 0.5) is 11.5 Å². The van der Waals surface area contributed by atoms with Crippen LogP contribution in [0.1, 0.15) is 19.0 Å². The second-order valence-electron chi connectivity index (χ2n) is 6.11. The highest BCUT2D eigenvalue weighted by Crippen LogP contribution is 2.40. The number of anilines is 2.